The van der Waals surface area contributed by atoms with Gasteiger partial charge in [-0.25, -0.2) is 0 Å². The molecule has 11 heavy (non-hydrogen) atoms. The first-order chi connectivity index (χ1) is 5.15. The highest BCUT2D eigenvalue weighted by atomic mass is 16.2. The van der Waals surface area contributed by atoms with Crippen LogP contribution in [0.1, 0.15) is 6.92 Å². The van der Waals surface area contributed by atoms with Crippen molar-refractivity contribution in [3.63, 3.8) is 0 Å². The van der Waals surface area contributed by atoms with Crippen LogP contribution in [0.4, 0.5) is 0 Å². The predicted octanol–water partition coefficient (Wildman–Crippen LogP) is -0.887. The second kappa shape index (κ2) is 2.53. The Morgan fingerprint density at radius 1 is 1.27 bits per heavy atom. The predicted molar refractivity (Wildman–Crippen MR) is 37.8 cm³/mol. The number of hydrogen-bond donors (Lipinski definition) is 3. The van der Waals surface area contributed by atoms with Gasteiger partial charge in [0.05, 0.1) is 0 Å². The van der Waals surface area contributed by atoms with E-state index in [1.807, 2.05) is 0 Å². The highest BCUT2D eigenvalue weighted by molar-refractivity contribution is 6.29. The Labute approximate surface area is 63.0 Å². The fraction of sp³-hybridized carbons (Fsp3) is 0.167. The number of hydrogen-bond acceptors (Lipinski definition) is 3. The Bertz CT molecular complexity index is 245. The second-order valence-electron chi connectivity index (χ2n) is 1.99. The van der Waals surface area contributed by atoms with Crippen LogP contribution in [0.2, 0.25) is 0 Å². The van der Waals surface area contributed by atoms with Gasteiger partial charge in [0.15, 0.2) is 0 Å². The summed E-state index contributed by atoms with van der Waals surface area (Å²) in [6, 6.07) is 0. The molecule has 0 aromatic carbocycles. The molecule has 5 nitrogen and oxygen atoms in total. The molecule has 0 saturated carbocycles. The van der Waals surface area contributed by atoms with Crippen LogP contribution in [-0.2, 0) is 9.59 Å². The minimum absolute atomic E-state index is 0.0426. The van der Waals surface area contributed by atoms with Gasteiger partial charge in [0.2, 0.25) is 5.96 Å². The van der Waals surface area contributed by atoms with Crippen molar-refractivity contribution in [2.75, 3.05) is 0 Å². The van der Waals surface area contributed by atoms with Crippen molar-refractivity contribution in [3.8, 4) is 0 Å². The summed E-state index contributed by atoms with van der Waals surface area (Å²) in [5, 5.41) is 11.2. The first kappa shape index (κ1) is 7.46. The van der Waals surface area contributed by atoms with Crippen LogP contribution in [-0.4, -0.2) is 17.8 Å². The SMILES string of the molecule is CC=C1C(=O)NC(=N)NC1=O. The molecule has 58 valence electrons. The van der Waals surface area contributed by atoms with Crippen LogP contribution in [0, 0.1) is 5.41 Å². The molecule has 1 fully saturated rings. The zero-order chi connectivity index (χ0) is 8.43. The van der Waals surface area contributed by atoms with Crippen molar-refractivity contribution in [3.05, 3.63) is 11.6 Å². The van der Waals surface area contributed by atoms with Crippen LogP contribution >= 0.6 is 0 Å². The zero-order valence-corrected chi connectivity index (χ0v) is 5.89. The zero-order valence-electron chi connectivity index (χ0n) is 5.89. The maximum absolute atomic E-state index is 10.9. The average molecular weight is 153 g/mol. The number of amides is 2. The summed E-state index contributed by atoms with van der Waals surface area (Å²) in [5.74, 6) is -1.33. The van der Waals surface area contributed by atoms with Gasteiger partial charge in [-0.3, -0.25) is 25.6 Å². The number of rotatable bonds is 0. The summed E-state index contributed by atoms with van der Waals surface area (Å²) in [7, 11) is 0. The molecule has 1 heterocycles. The normalized spacial score (nSPS) is 17.5. The van der Waals surface area contributed by atoms with Crippen molar-refractivity contribution in [2.24, 2.45) is 0 Å². The van der Waals surface area contributed by atoms with Gasteiger partial charge < -0.3 is 0 Å². The smallest absolute Gasteiger partial charge is 0.263 e. The van der Waals surface area contributed by atoms with Gasteiger partial charge in [0, 0.05) is 0 Å². The minimum Gasteiger partial charge on any atom is -0.292 e. The summed E-state index contributed by atoms with van der Waals surface area (Å²) in [5.41, 5.74) is 0.0426. The molecule has 0 aromatic rings. The van der Waals surface area contributed by atoms with Crippen molar-refractivity contribution in [2.45, 2.75) is 6.92 Å². The maximum Gasteiger partial charge on any atom is 0.263 e. The number of guanidine groups is 1. The van der Waals surface area contributed by atoms with E-state index in [2.05, 4.69) is 10.6 Å². The number of carbonyl (C=O) groups is 2. The van der Waals surface area contributed by atoms with Gasteiger partial charge in [-0.1, -0.05) is 6.08 Å². The van der Waals surface area contributed by atoms with Crippen LogP contribution in [0.3, 0.4) is 0 Å². The quantitative estimate of drug-likeness (QED) is 0.312. The maximum atomic E-state index is 10.9. The molecular formula is C6H7N3O2. The largest absolute Gasteiger partial charge is 0.292 e. The van der Waals surface area contributed by atoms with Gasteiger partial charge in [-0.15, -0.1) is 0 Å². The van der Waals surface area contributed by atoms with Crippen molar-refractivity contribution < 1.29 is 9.59 Å². The Hall–Kier alpha value is -1.65. The van der Waals surface area contributed by atoms with Gasteiger partial charge >= 0.3 is 0 Å². The summed E-state index contributed by atoms with van der Waals surface area (Å²) >= 11 is 0. The summed E-state index contributed by atoms with van der Waals surface area (Å²) in [6.07, 6.45) is 1.40. The van der Waals surface area contributed by atoms with E-state index in [1.165, 1.54) is 6.08 Å². The fourth-order valence-electron chi connectivity index (χ4n) is 0.758. The monoisotopic (exact) mass is 153 g/mol. The molecule has 0 aromatic heterocycles. The molecule has 0 aliphatic carbocycles. The van der Waals surface area contributed by atoms with E-state index < -0.39 is 11.8 Å². The molecular weight excluding hydrogens is 146 g/mol. The Morgan fingerprint density at radius 2 is 1.73 bits per heavy atom. The highest BCUT2D eigenvalue weighted by Crippen LogP contribution is 1.97. The van der Waals surface area contributed by atoms with E-state index in [0.717, 1.165) is 0 Å². The van der Waals surface area contributed by atoms with Gasteiger partial charge in [-0.05, 0) is 6.92 Å². The molecule has 1 saturated heterocycles. The average Bonchev–Trinajstić information content (AvgIpc) is 1.85. The van der Waals surface area contributed by atoms with Gasteiger partial charge in [-0.2, -0.15) is 0 Å². The molecule has 3 N–H and O–H groups in total. The first-order valence-electron chi connectivity index (χ1n) is 3.02. The molecule has 1 aliphatic heterocycles. The molecule has 1 aliphatic rings. The summed E-state index contributed by atoms with van der Waals surface area (Å²) < 4.78 is 0. The molecule has 0 bridgehead atoms. The molecule has 0 unspecified atom stereocenters. The van der Waals surface area contributed by atoms with Gasteiger partial charge in [0.25, 0.3) is 11.8 Å². The molecule has 0 radical (unpaired) electrons. The van der Waals surface area contributed by atoms with Crippen LogP contribution in [0.15, 0.2) is 11.6 Å². The van der Waals surface area contributed by atoms with E-state index in [0.29, 0.717) is 0 Å². The molecule has 5 heteroatoms. The molecule has 1 rings (SSSR count). The number of carbonyl (C=O) groups excluding carboxylic acids is 2. The van der Waals surface area contributed by atoms with Crippen molar-refractivity contribution >= 4 is 17.8 Å². The number of allylic oxidation sites excluding steroid dienone is 1. The Morgan fingerprint density at radius 3 is 2.09 bits per heavy atom. The minimum atomic E-state index is -0.527. The van der Waals surface area contributed by atoms with E-state index in [1.54, 1.807) is 6.92 Å². The first-order valence-corrected chi connectivity index (χ1v) is 3.02. The van der Waals surface area contributed by atoms with E-state index in [-0.39, 0.29) is 11.5 Å². The van der Waals surface area contributed by atoms with Crippen LogP contribution < -0.4 is 10.6 Å². The van der Waals surface area contributed by atoms with Crippen LogP contribution in [0.5, 0.6) is 0 Å². The third-order valence-electron chi connectivity index (χ3n) is 1.25. The lowest BCUT2D eigenvalue weighted by Crippen LogP contribution is -2.51. The third kappa shape index (κ3) is 1.26. The lowest BCUT2D eigenvalue weighted by molar-refractivity contribution is -0.123. The second-order valence-corrected chi connectivity index (χ2v) is 1.99. The fourth-order valence-corrected chi connectivity index (χ4v) is 0.758. The van der Waals surface area contributed by atoms with E-state index in [9.17, 15) is 9.59 Å². The lowest BCUT2D eigenvalue weighted by Gasteiger charge is -2.15. The van der Waals surface area contributed by atoms with Crippen molar-refractivity contribution in [1.29, 1.82) is 5.41 Å². The standard InChI is InChI=1S/C6H7N3O2/c1-2-3-4(10)8-6(7)9-5(3)11/h2H,1H3,(H3,7,8,9,10,11). The molecule has 0 atom stereocenters. The van der Waals surface area contributed by atoms with Crippen molar-refractivity contribution in [1.82, 2.24) is 10.6 Å². The van der Waals surface area contributed by atoms with E-state index >= 15 is 0 Å². The topological polar surface area (TPSA) is 82.1 Å². The molecule has 0 spiro atoms. The van der Waals surface area contributed by atoms with Gasteiger partial charge in [0.1, 0.15) is 5.57 Å². The number of nitrogens with one attached hydrogen (secondary N) is 3. The summed E-state index contributed by atoms with van der Waals surface area (Å²) in [6.45, 7) is 1.59. The molecule has 2 amide bonds. The summed E-state index contributed by atoms with van der Waals surface area (Å²) in [4.78, 5) is 21.7. The lowest BCUT2D eigenvalue weighted by atomic mass is 10.2. The Kier molecular flexibility index (Phi) is 1.72. The highest BCUT2D eigenvalue weighted by Gasteiger charge is 2.24. The van der Waals surface area contributed by atoms with E-state index in [4.69, 9.17) is 5.41 Å². The third-order valence-corrected chi connectivity index (χ3v) is 1.25. The Balaban J connectivity index is 2.93. The van der Waals surface area contributed by atoms with Crippen LogP contribution in [0.25, 0.3) is 0 Å².